The highest BCUT2D eigenvalue weighted by molar-refractivity contribution is 9.14. The number of hydrogen-bond donors (Lipinski definition) is 1. The summed E-state index contributed by atoms with van der Waals surface area (Å²) >= 11 is 5.24. The third kappa shape index (κ3) is 1.92. The number of thioether (sulfide) groups is 1. The fourth-order valence-electron chi connectivity index (χ4n) is 1.10. The van der Waals surface area contributed by atoms with Gasteiger partial charge in [0.1, 0.15) is 0 Å². The highest BCUT2D eigenvalue weighted by Gasteiger charge is 2.29. The third-order valence-electron chi connectivity index (χ3n) is 1.51. The molecule has 1 aliphatic heterocycles. The van der Waals surface area contributed by atoms with Crippen LogP contribution in [0.2, 0.25) is 0 Å². The topological polar surface area (TPSA) is 29.3 Å². The van der Waals surface area contributed by atoms with Crippen molar-refractivity contribution in [2.45, 2.75) is 20.8 Å². The molecule has 0 bridgehead atoms. The van der Waals surface area contributed by atoms with Crippen molar-refractivity contribution in [3.05, 3.63) is 9.51 Å². The summed E-state index contributed by atoms with van der Waals surface area (Å²) in [6.07, 6.45) is 0. The van der Waals surface area contributed by atoms with E-state index < -0.39 is 0 Å². The van der Waals surface area contributed by atoms with Crippen LogP contribution >= 0.6 is 27.7 Å². The molecule has 0 atom stereocenters. The van der Waals surface area contributed by atoms with Crippen LogP contribution in [0.4, 0.5) is 0 Å². The van der Waals surface area contributed by atoms with Crippen molar-refractivity contribution in [1.82, 2.24) is 5.01 Å². The van der Waals surface area contributed by atoms with Gasteiger partial charge in [-0.1, -0.05) is 32.5 Å². The van der Waals surface area contributed by atoms with Crippen molar-refractivity contribution in [1.29, 1.82) is 0 Å². The molecule has 1 aliphatic rings. The molecule has 0 unspecified atom stereocenters. The molecule has 2 nitrogen and oxygen atoms in total. The van der Waals surface area contributed by atoms with E-state index in [9.17, 15) is 0 Å². The Balaban J connectivity index is 2.92. The summed E-state index contributed by atoms with van der Waals surface area (Å²) < 4.78 is 1.17. The maximum atomic E-state index is 5.78. The van der Waals surface area contributed by atoms with Crippen LogP contribution in [-0.2, 0) is 0 Å². The summed E-state index contributed by atoms with van der Waals surface area (Å²) in [6, 6.07) is 0. The predicted octanol–water partition coefficient (Wildman–Crippen LogP) is 2.48. The van der Waals surface area contributed by atoms with Gasteiger partial charge in [0.2, 0.25) is 0 Å². The molecule has 0 radical (unpaired) electrons. The first-order valence-corrected chi connectivity index (χ1v) is 5.26. The number of halogens is 1. The Bertz CT molecular complexity index is 195. The van der Waals surface area contributed by atoms with E-state index in [1.807, 2.05) is 0 Å². The Morgan fingerprint density at radius 3 is 2.27 bits per heavy atom. The third-order valence-corrected chi connectivity index (χ3v) is 3.43. The fraction of sp³-hybridized carbons (Fsp3) is 0.714. The molecule has 11 heavy (non-hydrogen) atoms. The highest BCUT2D eigenvalue weighted by Crippen LogP contribution is 2.42. The van der Waals surface area contributed by atoms with Gasteiger partial charge in [0.05, 0.1) is 15.4 Å². The Morgan fingerprint density at radius 1 is 1.55 bits per heavy atom. The molecule has 0 spiro atoms. The quantitative estimate of drug-likeness (QED) is 0.656. The lowest BCUT2D eigenvalue weighted by Crippen LogP contribution is -2.32. The zero-order chi connectivity index (χ0) is 8.65. The zero-order valence-electron chi connectivity index (χ0n) is 7.02. The molecule has 2 N–H and O–H groups in total. The van der Waals surface area contributed by atoms with E-state index in [0.717, 1.165) is 5.88 Å². The van der Waals surface area contributed by atoms with Crippen LogP contribution in [0.1, 0.15) is 20.8 Å². The molecule has 0 saturated heterocycles. The molecule has 0 aromatic carbocycles. The van der Waals surface area contributed by atoms with Gasteiger partial charge in [-0.15, -0.1) is 0 Å². The maximum absolute atomic E-state index is 5.78. The molecule has 0 aromatic heterocycles. The second-order valence-electron chi connectivity index (χ2n) is 3.62. The summed E-state index contributed by atoms with van der Waals surface area (Å²) in [7, 11) is 0. The SMILES string of the molecule is CC(C)(C)C1=C(Br)SCN1N. The van der Waals surface area contributed by atoms with Crippen molar-refractivity contribution in [3.63, 3.8) is 0 Å². The molecule has 0 aliphatic carbocycles. The lowest BCUT2D eigenvalue weighted by molar-refractivity contribution is 0.316. The Labute approximate surface area is 80.3 Å². The van der Waals surface area contributed by atoms with Gasteiger partial charge in [0, 0.05) is 5.41 Å². The molecular weight excluding hydrogens is 224 g/mol. The monoisotopic (exact) mass is 236 g/mol. The normalized spacial score (nSPS) is 19.9. The summed E-state index contributed by atoms with van der Waals surface area (Å²) in [5.41, 5.74) is 1.33. The molecule has 4 heteroatoms. The number of nitrogens with zero attached hydrogens (tertiary/aromatic N) is 1. The number of hydrogen-bond acceptors (Lipinski definition) is 3. The minimum atomic E-state index is 0.136. The number of allylic oxidation sites excluding steroid dienone is 1. The van der Waals surface area contributed by atoms with Crippen molar-refractivity contribution in [2.75, 3.05) is 5.88 Å². The Morgan fingerprint density at radius 2 is 2.09 bits per heavy atom. The standard InChI is InChI=1S/C7H13BrN2S/c1-7(2,3)5-6(8)11-4-10(5)9/h4,9H2,1-3H3. The highest BCUT2D eigenvalue weighted by atomic mass is 79.9. The van der Waals surface area contributed by atoms with Crippen molar-refractivity contribution < 1.29 is 0 Å². The van der Waals surface area contributed by atoms with Crippen LogP contribution in [0.3, 0.4) is 0 Å². The lowest BCUT2D eigenvalue weighted by Gasteiger charge is -2.26. The first-order chi connectivity index (χ1) is 4.93. The van der Waals surface area contributed by atoms with Crippen LogP contribution in [0, 0.1) is 5.41 Å². The van der Waals surface area contributed by atoms with Crippen LogP contribution in [-0.4, -0.2) is 10.9 Å². The molecular formula is C7H13BrN2S. The first kappa shape index (κ1) is 9.42. The van der Waals surface area contributed by atoms with Gasteiger partial charge in [-0.3, -0.25) is 0 Å². The van der Waals surface area contributed by atoms with Crippen LogP contribution in [0.25, 0.3) is 0 Å². The minimum absolute atomic E-state index is 0.136. The smallest absolute Gasteiger partial charge is 0.0845 e. The second-order valence-corrected chi connectivity index (χ2v) is 5.89. The van der Waals surface area contributed by atoms with E-state index in [-0.39, 0.29) is 5.41 Å². The second kappa shape index (κ2) is 2.99. The van der Waals surface area contributed by atoms with E-state index in [4.69, 9.17) is 5.84 Å². The minimum Gasteiger partial charge on any atom is -0.303 e. The fourth-order valence-corrected chi connectivity index (χ4v) is 3.17. The van der Waals surface area contributed by atoms with Crippen LogP contribution in [0.5, 0.6) is 0 Å². The number of nitrogens with two attached hydrogens (primary N) is 1. The molecule has 0 aromatic rings. The van der Waals surface area contributed by atoms with E-state index in [0.29, 0.717) is 0 Å². The predicted molar refractivity (Wildman–Crippen MR) is 53.9 cm³/mol. The molecule has 64 valence electrons. The van der Waals surface area contributed by atoms with Crippen LogP contribution < -0.4 is 5.84 Å². The average Bonchev–Trinajstić information content (AvgIpc) is 2.08. The van der Waals surface area contributed by atoms with Gasteiger partial charge in [-0.25, -0.2) is 5.84 Å². The van der Waals surface area contributed by atoms with Gasteiger partial charge in [-0.05, 0) is 15.9 Å². The van der Waals surface area contributed by atoms with Crippen LogP contribution in [0.15, 0.2) is 9.51 Å². The molecule has 0 fully saturated rings. The van der Waals surface area contributed by atoms with E-state index in [2.05, 4.69) is 36.7 Å². The largest absolute Gasteiger partial charge is 0.303 e. The van der Waals surface area contributed by atoms with Crippen molar-refractivity contribution in [2.24, 2.45) is 11.3 Å². The van der Waals surface area contributed by atoms with Gasteiger partial charge >= 0.3 is 0 Å². The van der Waals surface area contributed by atoms with Gasteiger partial charge in [0.15, 0.2) is 0 Å². The van der Waals surface area contributed by atoms with Crippen molar-refractivity contribution >= 4 is 27.7 Å². The van der Waals surface area contributed by atoms with Gasteiger partial charge in [-0.2, -0.15) is 0 Å². The number of rotatable bonds is 0. The lowest BCUT2D eigenvalue weighted by atomic mass is 9.93. The molecule has 1 heterocycles. The van der Waals surface area contributed by atoms with E-state index >= 15 is 0 Å². The summed E-state index contributed by atoms with van der Waals surface area (Å²) in [6.45, 7) is 6.49. The van der Waals surface area contributed by atoms with E-state index in [1.165, 1.54) is 9.51 Å². The summed E-state index contributed by atoms with van der Waals surface area (Å²) in [5, 5.41) is 1.80. The van der Waals surface area contributed by atoms with Gasteiger partial charge < -0.3 is 5.01 Å². The average molecular weight is 237 g/mol. The first-order valence-electron chi connectivity index (χ1n) is 3.48. The molecule has 0 saturated carbocycles. The maximum Gasteiger partial charge on any atom is 0.0845 e. The summed E-state index contributed by atoms with van der Waals surface area (Å²) in [4.78, 5) is 0. The molecule has 1 rings (SSSR count). The van der Waals surface area contributed by atoms with E-state index in [1.54, 1.807) is 16.8 Å². The number of hydrazine groups is 1. The zero-order valence-corrected chi connectivity index (χ0v) is 9.42. The molecule has 0 amide bonds. The Hall–Kier alpha value is 0.330. The van der Waals surface area contributed by atoms with Crippen molar-refractivity contribution in [3.8, 4) is 0 Å². The van der Waals surface area contributed by atoms with Gasteiger partial charge in [0.25, 0.3) is 0 Å². The Kier molecular flexibility index (Phi) is 2.56. The summed E-state index contributed by atoms with van der Waals surface area (Å²) in [5.74, 6) is 6.63.